The lowest BCUT2D eigenvalue weighted by Gasteiger charge is -2.12. The molecule has 0 unspecified atom stereocenters. The van der Waals surface area contributed by atoms with Gasteiger partial charge in [-0.2, -0.15) is 0 Å². The molecule has 1 aromatic heterocycles. The molecule has 22 heavy (non-hydrogen) atoms. The molecule has 0 saturated carbocycles. The van der Waals surface area contributed by atoms with E-state index in [1.54, 1.807) is 19.2 Å². The van der Waals surface area contributed by atoms with E-state index in [9.17, 15) is 13.2 Å². The molecule has 0 radical (unpaired) electrons. The lowest BCUT2D eigenvalue weighted by atomic mass is 10.1. The Morgan fingerprint density at radius 1 is 1.36 bits per heavy atom. The topological polar surface area (TPSA) is 85.6 Å². The van der Waals surface area contributed by atoms with E-state index in [4.69, 9.17) is 9.15 Å². The Hall–Kier alpha value is -1.86. The summed E-state index contributed by atoms with van der Waals surface area (Å²) in [7, 11) is -1.37. The molecule has 3 rings (SSSR count). The van der Waals surface area contributed by atoms with Crippen LogP contribution in [0.5, 0.6) is 5.75 Å². The lowest BCUT2D eigenvalue weighted by Crippen LogP contribution is -2.29. The van der Waals surface area contributed by atoms with Crippen molar-refractivity contribution in [1.29, 1.82) is 0 Å². The predicted octanol–water partition coefficient (Wildman–Crippen LogP) is 1.08. The highest BCUT2D eigenvalue weighted by atomic mass is 32.2. The van der Waals surface area contributed by atoms with Crippen molar-refractivity contribution in [3.8, 4) is 5.75 Å². The minimum absolute atomic E-state index is 0.0643. The molecule has 118 valence electrons. The normalized spacial score (nSPS) is 20.3. The zero-order chi connectivity index (χ0) is 15.7. The third kappa shape index (κ3) is 3.15. The summed E-state index contributed by atoms with van der Waals surface area (Å²) in [5, 5.41) is 4.02. The Morgan fingerprint density at radius 3 is 2.86 bits per heavy atom. The molecule has 0 bridgehead atoms. The third-order valence-corrected chi connectivity index (χ3v) is 5.62. The van der Waals surface area contributed by atoms with Gasteiger partial charge in [0.15, 0.2) is 9.84 Å². The van der Waals surface area contributed by atoms with Crippen LogP contribution in [0.25, 0.3) is 11.0 Å². The molecule has 2 heterocycles. The van der Waals surface area contributed by atoms with E-state index in [0.717, 1.165) is 10.9 Å². The molecule has 0 spiro atoms. The maximum Gasteiger partial charge on any atom is 0.336 e. The predicted molar refractivity (Wildman–Crippen MR) is 82.9 cm³/mol. The summed E-state index contributed by atoms with van der Waals surface area (Å²) < 4.78 is 33.3. The van der Waals surface area contributed by atoms with Crippen LogP contribution in [0.15, 0.2) is 33.5 Å². The molecular weight excluding hydrogens is 306 g/mol. The molecule has 1 saturated heterocycles. The molecule has 7 heteroatoms. The van der Waals surface area contributed by atoms with E-state index in [0.29, 0.717) is 24.3 Å². The highest BCUT2D eigenvalue weighted by molar-refractivity contribution is 7.91. The van der Waals surface area contributed by atoms with Crippen LogP contribution in [0.2, 0.25) is 0 Å². The molecular formula is C15H17NO5S. The van der Waals surface area contributed by atoms with E-state index in [1.807, 2.05) is 6.07 Å². The summed E-state index contributed by atoms with van der Waals surface area (Å²) in [6.07, 6.45) is 0.607. The van der Waals surface area contributed by atoms with Crippen molar-refractivity contribution in [1.82, 2.24) is 5.32 Å². The first-order chi connectivity index (χ1) is 10.5. The third-order valence-electron chi connectivity index (χ3n) is 3.85. The number of fused-ring (bicyclic) bond motifs is 1. The fourth-order valence-corrected chi connectivity index (χ4v) is 4.40. The molecule has 1 fully saturated rings. The summed E-state index contributed by atoms with van der Waals surface area (Å²) >= 11 is 0. The van der Waals surface area contributed by atoms with Gasteiger partial charge in [-0.3, -0.25) is 0 Å². The van der Waals surface area contributed by atoms with Gasteiger partial charge in [-0.15, -0.1) is 0 Å². The van der Waals surface area contributed by atoms with Gasteiger partial charge in [-0.25, -0.2) is 13.2 Å². The number of hydrogen-bond donors (Lipinski definition) is 1. The molecule has 1 atom stereocenters. The second-order valence-electron chi connectivity index (χ2n) is 5.43. The van der Waals surface area contributed by atoms with Crippen LogP contribution in [-0.2, 0) is 16.4 Å². The quantitative estimate of drug-likeness (QED) is 0.848. The van der Waals surface area contributed by atoms with Crippen LogP contribution < -0.4 is 15.7 Å². The number of hydrogen-bond acceptors (Lipinski definition) is 6. The average Bonchev–Trinajstić information content (AvgIpc) is 2.83. The van der Waals surface area contributed by atoms with Gasteiger partial charge >= 0.3 is 5.63 Å². The Morgan fingerprint density at radius 2 is 2.18 bits per heavy atom. The van der Waals surface area contributed by atoms with Crippen LogP contribution in [0.4, 0.5) is 0 Å². The molecule has 0 amide bonds. The number of ether oxygens (including phenoxy) is 1. The zero-order valence-corrected chi connectivity index (χ0v) is 13.0. The van der Waals surface area contributed by atoms with Crippen molar-refractivity contribution in [3.63, 3.8) is 0 Å². The van der Waals surface area contributed by atoms with Crippen molar-refractivity contribution >= 4 is 20.8 Å². The number of sulfone groups is 1. The van der Waals surface area contributed by atoms with E-state index in [-0.39, 0.29) is 17.5 Å². The first-order valence-corrected chi connectivity index (χ1v) is 8.83. The molecule has 1 N–H and O–H groups in total. The SMILES string of the molecule is COc1ccc2c(CN[C@H]3CCS(=O)(=O)C3)cc(=O)oc2c1. The molecule has 2 aromatic rings. The zero-order valence-electron chi connectivity index (χ0n) is 12.2. The molecule has 0 aliphatic carbocycles. The van der Waals surface area contributed by atoms with E-state index in [1.165, 1.54) is 6.07 Å². The fraction of sp³-hybridized carbons (Fsp3) is 0.400. The monoisotopic (exact) mass is 323 g/mol. The smallest absolute Gasteiger partial charge is 0.336 e. The van der Waals surface area contributed by atoms with Crippen molar-refractivity contribution in [2.45, 2.75) is 19.0 Å². The highest BCUT2D eigenvalue weighted by Crippen LogP contribution is 2.23. The first kappa shape index (κ1) is 15.1. The number of nitrogens with one attached hydrogen (secondary N) is 1. The number of methoxy groups -OCH3 is 1. The van der Waals surface area contributed by atoms with Gasteiger partial charge < -0.3 is 14.5 Å². The second kappa shape index (κ2) is 5.73. The summed E-state index contributed by atoms with van der Waals surface area (Å²) in [5.74, 6) is 0.988. The fourth-order valence-electron chi connectivity index (χ4n) is 2.69. The standard InChI is InChI=1S/C15H17NO5S/c1-20-12-2-3-13-10(6-15(17)21-14(13)7-12)8-16-11-4-5-22(18,19)9-11/h2-3,6-7,11,16H,4-5,8-9H2,1H3/t11-/m0/s1. The Bertz CT molecular complexity index is 856. The van der Waals surface area contributed by atoms with Crippen molar-refractivity contribution in [2.24, 2.45) is 0 Å². The summed E-state index contributed by atoms with van der Waals surface area (Å²) in [6, 6.07) is 6.67. The molecule has 1 aliphatic heterocycles. The van der Waals surface area contributed by atoms with Crippen molar-refractivity contribution in [2.75, 3.05) is 18.6 Å². The minimum atomic E-state index is -2.92. The summed E-state index contributed by atoms with van der Waals surface area (Å²) in [6.45, 7) is 0.425. The Labute approximate surface area is 128 Å². The minimum Gasteiger partial charge on any atom is -0.497 e. The molecule has 1 aromatic carbocycles. The largest absolute Gasteiger partial charge is 0.497 e. The van der Waals surface area contributed by atoms with Gasteiger partial charge in [0.2, 0.25) is 0 Å². The highest BCUT2D eigenvalue weighted by Gasteiger charge is 2.27. The van der Waals surface area contributed by atoms with Gasteiger partial charge in [0.25, 0.3) is 0 Å². The Kier molecular flexibility index (Phi) is 3.92. The molecule has 6 nitrogen and oxygen atoms in total. The van der Waals surface area contributed by atoms with Crippen LogP contribution in [-0.4, -0.2) is 33.1 Å². The van der Waals surface area contributed by atoms with Gasteiger partial charge in [0, 0.05) is 30.1 Å². The van der Waals surface area contributed by atoms with Gasteiger partial charge in [0.1, 0.15) is 11.3 Å². The van der Waals surface area contributed by atoms with E-state index >= 15 is 0 Å². The summed E-state index contributed by atoms with van der Waals surface area (Å²) in [5.41, 5.74) is 0.817. The average molecular weight is 323 g/mol. The Balaban J connectivity index is 1.86. The van der Waals surface area contributed by atoms with Gasteiger partial charge in [-0.05, 0) is 24.1 Å². The first-order valence-electron chi connectivity index (χ1n) is 7.01. The second-order valence-corrected chi connectivity index (χ2v) is 7.66. The molecule has 1 aliphatic rings. The maximum atomic E-state index is 11.7. The van der Waals surface area contributed by atoms with Gasteiger partial charge in [-0.1, -0.05) is 0 Å². The maximum absolute atomic E-state index is 11.7. The lowest BCUT2D eigenvalue weighted by molar-refractivity contribution is 0.414. The van der Waals surface area contributed by atoms with Crippen LogP contribution in [0, 0.1) is 0 Å². The number of benzene rings is 1. The number of rotatable bonds is 4. The summed E-state index contributed by atoms with van der Waals surface area (Å²) in [4.78, 5) is 11.7. The van der Waals surface area contributed by atoms with Crippen LogP contribution >= 0.6 is 0 Å². The van der Waals surface area contributed by atoms with Crippen molar-refractivity contribution < 1.29 is 17.6 Å². The van der Waals surface area contributed by atoms with Crippen LogP contribution in [0.1, 0.15) is 12.0 Å². The van der Waals surface area contributed by atoms with Crippen molar-refractivity contribution in [3.05, 3.63) is 40.2 Å². The van der Waals surface area contributed by atoms with E-state index < -0.39 is 15.5 Å². The van der Waals surface area contributed by atoms with E-state index in [2.05, 4.69) is 5.32 Å². The van der Waals surface area contributed by atoms with Gasteiger partial charge in [0.05, 0.1) is 18.6 Å². The van der Waals surface area contributed by atoms with Crippen LogP contribution in [0.3, 0.4) is 0 Å².